The van der Waals surface area contributed by atoms with Crippen LogP contribution in [0.2, 0.25) is 0 Å². The summed E-state index contributed by atoms with van der Waals surface area (Å²) in [7, 11) is 0. The van der Waals surface area contributed by atoms with Crippen LogP contribution in [0.3, 0.4) is 0 Å². The van der Waals surface area contributed by atoms with Gasteiger partial charge in [0.2, 0.25) is 5.91 Å². The first kappa shape index (κ1) is 13.5. The quantitative estimate of drug-likeness (QED) is 0.679. The van der Waals surface area contributed by atoms with E-state index in [4.69, 9.17) is 0 Å². The molecule has 1 fully saturated rings. The topological polar surface area (TPSA) is 41.1 Å². The minimum absolute atomic E-state index is 0.0901. The summed E-state index contributed by atoms with van der Waals surface area (Å²) in [5.41, 5.74) is 0. The van der Waals surface area contributed by atoms with E-state index in [0.717, 1.165) is 19.0 Å². The van der Waals surface area contributed by atoms with Crippen molar-refractivity contribution in [2.75, 3.05) is 13.1 Å². The van der Waals surface area contributed by atoms with Crippen molar-refractivity contribution in [3.05, 3.63) is 0 Å². The van der Waals surface area contributed by atoms with E-state index in [-0.39, 0.29) is 11.8 Å². The van der Waals surface area contributed by atoms with Gasteiger partial charge < -0.3 is 10.6 Å². The van der Waals surface area contributed by atoms with Crippen molar-refractivity contribution in [2.24, 2.45) is 11.8 Å². The third-order valence-corrected chi connectivity index (χ3v) is 3.52. The Hall–Kier alpha value is -0.570. The number of carbonyl (C=O) groups is 1. The fourth-order valence-electron chi connectivity index (χ4n) is 2.31. The van der Waals surface area contributed by atoms with Gasteiger partial charge in [-0.2, -0.15) is 0 Å². The zero-order valence-electron chi connectivity index (χ0n) is 10.9. The molecule has 3 heteroatoms. The molecular formula is C13H26N2O. The van der Waals surface area contributed by atoms with E-state index in [1.807, 2.05) is 13.8 Å². The fraction of sp³-hybridized carbons (Fsp3) is 0.923. The molecule has 0 aliphatic heterocycles. The van der Waals surface area contributed by atoms with Gasteiger partial charge in [0, 0.05) is 25.0 Å². The summed E-state index contributed by atoms with van der Waals surface area (Å²) in [6.07, 6.45) is 5.51. The smallest absolute Gasteiger partial charge is 0.222 e. The number of hydrogen-bond acceptors (Lipinski definition) is 2. The lowest BCUT2D eigenvalue weighted by Crippen LogP contribution is -2.39. The lowest BCUT2D eigenvalue weighted by Gasteiger charge is -2.20. The highest BCUT2D eigenvalue weighted by atomic mass is 16.1. The number of amides is 1. The first-order valence-corrected chi connectivity index (χ1v) is 6.62. The van der Waals surface area contributed by atoms with E-state index < -0.39 is 0 Å². The molecule has 16 heavy (non-hydrogen) atoms. The van der Waals surface area contributed by atoms with Gasteiger partial charge in [-0.1, -0.05) is 26.7 Å². The highest BCUT2D eigenvalue weighted by molar-refractivity contribution is 5.77. The van der Waals surface area contributed by atoms with Crippen LogP contribution < -0.4 is 10.6 Å². The number of nitrogens with one attached hydrogen (secondary N) is 2. The molecule has 1 aliphatic rings. The number of carbonyl (C=O) groups excluding carboxylic acids is 1. The molecule has 0 heterocycles. The van der Waals surface area contributed by atoms with Crippen LogP contribution in [0.5, 0.6) is 0 Å². The van der Waals surface area contributed by atoms with Crippen LogP contribution in [0.4, 0.5) is 0 Å². The fourth-order valence-corrected chi connectivity index (χ4v) is 2.31. The molecule has 1 unspecified atom stereocenters. The van der Waals surface area contributed by atoms with Crippen LogP contribution in [0.1, 0.15) is 46.5 Å². The minimum Gasteiger partial charge on any atom is -0.355 e. The SMILES string of the molecule is CC(C)C(=O)NCCNC(C)C1CCCC1. The number of rotatable bonds is 6. The average molecular weight is 226 g/mol. The molecule has 0 aromatic rings. The Kier molecular flexibility index (Phi) is 5.81. The molecular weight excluding hydrogens is 200 g/mol. The van der Waals surface area contributed by atoms with Crippen LogP contribution >= 0.6 is 0 Å². The normalized spacial score (nSPS) is 19.0. The Bertz CT molecular complexity index is 210. The summed E-state index contributed by atoms with van der Waals surface area (Å²) in [6, 6.07) is 0.596. The molecule has 0 saturated heterocycles. The Labute approximate surface area is 99.4 Å². The first-order chi connectivity index (χ1) is 7.61. The summed E-state index contributed by atoms with van der Waals surface area (Å²) >= 11 is 0. The maximum absolute atomic E-state index is 11.3. The van der Waals surface area contributed by atoms with Crippen LogP contribution in [-0.4, -0.2) is 25.0 Å². The van der Waals surface area contributed by atoms with Crippen molar-refractivity contribution in [3.8, 4) is 0 Å². The van der Waals surface area contributed by atoms with Crippen molar-refractivity contribution in [3.63, 3.8) is 0 Å². The third-order valence-electron chi connectivity index (χ3n) is 3.52. The van der Waals surface area contributed by atoms with Gasteiger partial charge in [0.05, 0.1) is 0 Å². The molecule has 1 atom stereocenters. The summed E-state index contributed by atoms with van der Waals surface area (Å²) in [5, 5.41) is 6.43. The van der Waals surface area contributed by atoms with Gasteiger partial charge in [0.15, 0.2) is 0 Å². The van der Waals surface area contributed by atoms with Crippen LogP contribution in [0.15, 0.2) is 0 Å². The van der Waals surface area contributed by atoms with E-state index in [1.54, 1.807) is 0 Å². The summed E-state index contributed by atoms with van der Waals surface area (Å²) in [6.45, 7) is 7.73. The molecule has 3 nitrogen and oxygen atoms in total. The molecule has 1 amide bonds. The Morgan fingerprint density at radius 2 is 1.81 bits per heavy atom. The van der Waals surface area contributed by atoms with E-state index in [0.29, 0.717) is 6.04 Å². The highest BCUT2D eigenvalue weighted by Crippen LogP contribution is 2.27. The predicted molar refractivity (Wildman–Crippen MR) is 67.3 cm³/mol. The maximum atomic E-state index is 11.3. The standard InChI is InChI=1S/C13H26N2O/c1-10(2)13(16)15-9-8-14-11(3)12-6-4-5-7-12/h10-12,14H,4-9H2,1-3H3,(H,15,16). The molecule has 0 radical (unpaired) electrons. The lowest BCUT2D eigenvalue weighted by atomic mass is 10.00. The van der Waals surface area contributed by atoms with Gasteiger partial charge in [-0.3, -0.25) is 4.79 Å². The van der Waals surface area contributed by atoms with Crippen molar-refractivity contribution >= 4 is 5.91 Å². The van der Waals surface area contributed by atoms with Gasteiger partial charge >= 0.3 is 0 Å². The van der Waals surface area contributed by atoms with Gasteiger partial charge in [0.1, 0.15) is 0 Å². The van der Waals surface area contributed by atoms with Crippen molar-refractivity contribution in [1.82, 2.24) is 10.6 Å². The second-order valence-corrected chi connectivity index (χ2v) is 5.23. The van der Waals surface area contributed by atoms with Crippen LogP contribution in [-0.2, 0) is 4.79 Å². The lowest BCUT2D eigenvalue weighted by molar-refractivity contribution is -0.123. The van der Waals surface area contributed by atoms with E-state index >= 15 is 0 Å². The van der Waals surface area contributed by atoms with E-state index in [9.17, 15) is 4.79 Å². The van der Waals surface area contributed by atoms with Crippen molar-refractivity contribution < 1.29 is 4.79 Å². The molecule has 0 aromatic heterocycles. The zero-order chi connectivity index (χ0) is 12.0. The Morgan fingerprint density at radius 3 is 2.38 bits per heavy atom. The average Bonchev–Trinajstić information content (AvgIpc) is 2.76. The second kappa shape index (κ2) is 6.89. The molecule has 1 rings (SSSR count). The minimum atomic E-state index is 0.0901. The first-order valence-electron chi connectivity index (χ1n) is 6.62. The molecule has 94 valence electrons. The van der Waals surface area contributed by atoms with Crippen LogP contribution in [0, 0.1) is 11.8 Å². The number of hydrogen-bond donors (Lipinski definition) is 2. The summed E-state index contributed by atoms with van der Waals surface area (Å²) in [5.74, 6) is 1.09. The molecule has 0 bridgehead atoms. The van der Waals surface area contributed by atoms with Crippen molar-refractivity contribution in [1.29, 1.82) is 0 Å². The molecule has 0 spiro atoms. The zero-order valence-corrected chi connectivity index (χ0v) is 10.9. The van der Waals surface area contributed by atoms with Crippen LogP contribution in [0.25, 0.3) is 0 Å². The van der Waals surface area contributed by atoms with Gasteiger partial charge in [-0.05, 0) is 25.7 Å². The largest absolute Gasteiger partial charge is 0.355 e. The van der Waals surface area contributed by atoms with Crippen molar-refractivity contribution in [2.45, 2.75) is 52.5 Å². The van der Waals surface area contributed by atoms with E-state index in [1.165, 1.54) is 25.7 Å². The van der Waals surface area contributed by atoms with Gasteiger partial charge in [-0.25, -0.2) is 0 Å². The Balaban J connectivity index is 2.04. The molecule has 1 aliphatic carbocycles. The third kappa shape index (κ3) is 4.52. The molecule has 2 N–H and O–H groups in total. The maximum Gasteiger partial charge on any atom is 0.222 e. The monoisotopic (exact) mass is 226 g/mol. The Morgan fingerprint density at radius 1 is 1.19 bits per heavy atom. The predicted octanol–water partition coefficient (Wildman–Crippen LogP) is 1.93. The van der Waals surface area contributed by atoms with E-state index in [2.05, 4.69) is 17.6 Å². The summed E-state index contributed by atoms with van der Waals surface area (Å²) in [4.78, 5) is 11.3. The molecule has 0 aromatic carbocycles. The second-order valence-electron chi connectivity index (χ2n) is 5.23. The molecule has 1 saturated carbocycles. The highest BCUT2D eigenvalue weighted by Gasteiger charge is 2.20. The van der Waals surface area contributed by atoms with Gasteiger partial charge in [-0.15, -0.1) is 0 Å². The summed E-state index contributed by atoms with van der Waals surface area (Å²) < 4.78 is 0. The van der Waals surface area contributed by atoms with Gasteiger partial charge in [0.25, 0.3) is 0 Å².